The molecule has 1 atom stereocenters. The standard InChI is InChI=1S/C20H21N5O/c21-10-17-16(13-25-9-2-1-5-18(17)25)12-24-8-3-4-15(11-24)19-22-20(26-23-19)14-6-7-14/h1-2,5,9,13-15H,3-4,6-8,11-12H2/t15-/m0/s1. The number of hydrogen-bond acceptors (Lipinski definition) is 5. The van der Waals surface area contributed by atoms with Crippen LogP contribution in [0.15, 0.2) is 35.1 Å². The van der Waals surface area contributed by atoms with E-state index in [-0.39, 0.29) is 0 Å². The van der Waals surface area contributed by atoms with Crippen molar-refractivity contribution in [3.8, 4) is 6.07 Å². The Kier molecular flexibility index (Phi) is 3.75. The number of hydrogen-bond donors (Lipinski definition) is 0. The molecule has 6 nitrogen and oxygen atoms in total. The number of fused-ring (bicyclic) bond motifs is 1. The normalized spacial score (nSPS) is 21.1. The summed E-state index contributed by atoms with van der Waals surface area (Å²) in [6.45, 7) is 2.75. The van der Waals surface area contributed by atoms with Crippen molar-refractivity contribution in [3.63, 3.8) is 0 Å². The topological polar surface area (TPSA) is 70.4 Å². The number of rotatable bonds is 4. The van der Waals surface area contributed by atoms with Gasteiger partial charge in [-0.2, -0.15) is 10.2 Å². The third-order valence-corrected chi connectivity index (χ3v) is 5.52. The zero-order chi connectivity index (χ0) is 17.5. The summed E-state index contributed by atoms with van der Waals surface area (Å²) in [6, 6.07) is 8.35. The van der Waals surface area contributed by atoms with Crippen LogP contribution >= 0.6 is 0 Å². The highest BCUT2D eigenvalue weighted by atomic mass is 16.5. The van der Waals surface area contributed by atoms with Crippen LogP contribution < -0.4 is 0 Å². The molecule has 4 heterocycles. The minimum absolute atomic E-state index is 0.322. The van der Waals surface area contributed by atoms with E-state index in [9.17, 15) is 5.26 Å². The molecular formula is C20H21N5O. The lowest BCUT2D eigenvalue weighted by molar-refractivity contribution is 0.194. The van der Waals surface area contributed by atoms with Crippen molar-refractivity contribution in [2.75, 3.05) is 13.1 Å². The van der Waals surface area contributed by atoms with E-state index in [1.165, 1.54) is 12.8 Å². The average Bonchev–Trinajstić information content (AvgIpc) is 3.29. The minimum Gasteiger partial charge on any atom is -0.339 e. The molecule has 0 bridgehead atoms. The molecular weight excluding hydrogens is 326 g/mol. The number of piperidine rings is 1. The first-order valence-corrected chi connectivity index (χ1v) is 9.36. The average molecular weight is 347 g/mol. The van der Waals surface area contributed by atoms with E-state index in [0.29, 0.717) is 11.8 Å². The van der Waals surface area contributed by atoms with Gasteiger partial charge in [0.25, 0.3) is 0 Å². The Balaban J connectivity index is 1.35. The largest absolute Gasteiger partial charge is 0.339 e. The summed E-state index contributed by atoms with van der Waals surface area (Å²) in [5.41, 5.74) is 2.85. The van der Waals surface area contributed by atoms with Crippen molar-refractivity contribution in [2.45, 2.75) is 44.1 Å². The van der Waals surface area contributed by atoms with Crippen LogP contribution in [0.3, 0.4) is 0 Å². The molecule has 2 fully saturated rings. The van der Waals surface area contributed by atoms with Crippen LogP contribution in [0.4, 0.5) is 0 Å². The van der Waals surface area contributed by atoms with Crippen molar-refractivity contribution in [1.29, 1.82) is 5.26 Å². The van der Waals surface area contributed by atoms with Gasteiger partial charge in [-0.25, -0.2) is 0 Å². The predicted octanol–water partition coefficient (Wildman–Crippen LogP) is 3.45. The maximum Gasteiger partial charge on any atom is 0.229 e. The van der Waals surface area contributed by atoms with Gasteiger partial charge in [-0.3, -0.25) is 4.90 Å². The van der Waals surface area contributed by atoms with Gasteiger partial charge in [0.1, 0.15) is 6.07 Å². The Morgan fingerprint density at radius 2 is 2.15 bits per heavy atom. The van der Waals surface area contributed by atoms with Crippen LogP contribution in [0.1, 0.15) is 60.4 Å². The van der Waals surface area contributed by atoms with Gasteiger partial charge in [-0.1, -0.05) is 11.2 Å². The first-order chi connectivity index (χ1) is 12.8. The molecule has 1 aliphatic carbocycles. The van der Waals surface area contributed by atoms with Gasteiger partial charge in [0.05, 0.1) is 11.1 Å². The molecule has 1 aliphatic heterocycles. The maximum absolute atomic E-state index is 9.61. The van der Waals surface area contributed by atoms with E-state index < -0.39 is 0 Å². The van der Waals surface area contributed by atoms with Crippen LogP contribution in [0.25, 0.3) is 5.52 Å². The number of nitriles is 1. The van der Waals surface area contributed by atoms with Crippen molar-refractivity contribution < 1.29 is 4.52 Å². The van der Waals surface area contributed by atoms with Crippen LogP contribution in [0.5, 0.6) is 0 Å². The van der Waals surface area contributed by atoms with Gasteiger partial charge in [-0.15, -0.1) is 0 Å². The fraction of sp³-hybridized carbons (Fsp3) is 0.450. The van der Waals surface area contributed by atoms with E-state index >= 15 is 0 Å². The van der Waals surface area contributed by atoms with E-state index in [0.717, 1.165) is 60.8 Å². The Hall–Kier alpha value is -2.65. The lowest BCUT2D eigenvalue weighted by Gasteiger charge is -2.31. The number of pyridine rings is 1. The SMILES string of the molecule is N#Cc1c(CN2CCC[C@H](c3noc(C4CC4)n3)C2)cn2ccccc12. The minimum atomic E-state index is 0.322. The highest BCUT2D eigenvalue weighted by molar-refractivity contribution is 5.65. The summed E-state index contributed by atoms with van der Waals surface area (Å²) in [5, 5.41) is 13.9. The monoisotopic (exact) mass is 347 g/mol. The molecule has 1 saturated carbocycles. The second-order valence-corrected chi connectivity index (χ2v) is 7.47. The molecule has 0 radical (unpaired) electrons. The molecule has 132 valence electrons. The van der Waals surface area contributed by atoms with Gasteiger partial charge in [0, 0.05) is 42.9 Å². The molecule has 2 aliphatic rings. The Labute approximate surface area is 152 Å². The molecule has 6 heteroatoms. The number of nitrogens with zero attached hydrogens (tertiary/aromatic N) is 5. The second-order valence-electron chi connectivity index (χ2n) is 7.47. The summed E-state index contributed by atoms with van der Waals surface area (Å²) in [4.78, 5) is 7.06. The van der Waals surface area contributed by atoms with E-state index in [1.807, 2.05) is 28.8 Å². The van der Waals surface area contributed by atoms with E-state index in [4.69, 9.17) is 4.52 Å². The molecule has 3 aromatic rings. The molecule has 0 N–H and O–H groups in total. The van der Waals surface area contributed by atoms with Crippen molar-refractivity contribution in [3.05, 3.63) is 53.4 Å². The third kappa shape index (κ3) is 2.78. The van der Waals surface area contributed by atoms with Gasteiger partial charge >= 0.3 is 0 Å². The molecule has 0 spiro atoms. The Morgan fingerprint density at radius 1 is 1.23 bits per heavy atom. The quantitative estimate of drug-likeness (QED) is 0.723. The van der Waals surface area contributed by atoms with Gasteiger partial charge in [-0.05, 0) is 44.4 Å². The van der Waals surface area contributed by atoms with Gasteiger partial charge < -0.3 is 8.92 Å². The fourth-order valence-corrected chi connectivity index (χ4v) is 3.99. The Bertz CT molecular complexity index is 978. The molecule has 0 unspecified atom stereocenters. The summed E-state index contributed by atoms with van der Waals surface area (Å²) in [7, 11) is 0. The zero-order valence-corrected chi connectivity index (χ0v) is 14.6. The second kappa shape index (κ2) is 6.26. The summed E-state index contributed by atoms with van der Waals surface area (Å²) in [5.74, 6) is 2.51. The highest BCUT2D eigenvalue weighted by Gasteiger charge is 2.32. The van der Waals surface area contributed by atoms with Crippen molar-refractivity contribution in [2.24, 2.45) is 0 Å². The zero-order valence-electron chi connectivity index (χ0n) is 14.6. The molecule has 5 rings (SSSR count). The van der Waals surface area contributed by atoms with Crippen LogP contribution in [-0.2, 0) is 6.54 Å². The summed E-state index contributed by atoms with van der Waals surface area (Å²) in [6.07, 6.45) is 8.65. The maximum atomic E-state index is 9.61. The third-order valence-electron chi connectivity index (χ3n) is 5.52. The van der Waals surface area contributed by atoms with Crippen LogP contribution in [0, 0.1) is 11.3 Å². The number of likely N-dealkylation sites (tertiary alicyclic amines) is 1. The lowest BCUT2D eigenvalue weighted by atomic mass is 9.97. The number of aromatic nitrogens is 3. The lowest BCUT2D eigenvalue weighted by Crippen LogP contribution is -2.34. The first-order valence-electron chi connectivity index (χ1n) is 9.36. The van der Waals surface area contributed by atoms with Crippen LogP contribution in [-0.4, -0.2) is 32.5 Å². The molecule has 26 heavy (non-hydrogen) atoms. The van der Waals surface area contributed by atoms with Crippen molar-refractivity contribution >= 4 is 5.52 Å². The summed E-state index contributed by atoms with van der Waals surface area (Å²) < 4.78 is 7.48. The van der Waals surface area contributed by atoms with E-state index in [1.54, 1.807) is 0 Å². The molecule has 0 aromatic carbocycles. The molecule has 3 aromatic heterocycles. The summed E-state index contributed by atoms with van der Waals surface area (Å²) >= 11 is 0. The predicted molar refractivity (Wildman–Crippen MR) is 95.6 cm³/mol. The molecule has 0 amide bonds. The Morgan fingerprint density at radius 3 is 3.00 bits per heavy atom. The smallest absolute Gasteiger partial charge is 0.229 e. The fourth-order valence-electron chi connectivity index (χ4n) is 3.99. The van der Waals surface area contributed by atoms with Crippen LogP contribution in [0.2, 0.25) is 0 Å². The first kappa shape index (κ1) is 15.6. The van der Waals surface area contributed by atoms with E-state index in [2.05, 4.69) is 27.3 Å². The molecule has 1 saturated heterocycles. The highest BCUT2D eigenvalue weighted by Crippen LogP contribution is 2.39. The van der Waals surface area contributed by atoms with Gasteiger partial charge in [0.2, 0.25) is 5.89 Å². The van der Waals surface area contributed by atoms with Gasteiger partial charge in [0.15, 0.2) is 5.82 Å². The van der Waals surface area contributed by atoms with Crippen molar-refractivity contribution in [1.82, 2.24) is 19.4 Å².